The fourth-order valence-corrected chi connectivity index (χ4v) is 2.51. The number of amides is 1. The predicted molar refractivity (Wildman–Crippen MR) is 77.6 cm³/mol. The van der Waals surface area contributed by atoms with Gasteiger partial charge < -0.3 is 10.0 Å². The summed E-state index contributed by atoms with van der Waals surface area (Å²) in [7, 11) is 0. The lowest BCUT2D eigenvalue weighted by Crippen LogP contribution is -2.52. The summed E-state index contributed by atoms with van der Waals surface area (Å²) < 4.78 is 0. The van der Waals surface area contributed by atoms with Crippen molar-refractivity contribution in [3.63, 3.8) is 0 Å². The molecule has 1 aliphatic heterocycles. The third-order valence-corrected chi connectivity index (χ3v) is 3.39. The number of aliphatic hydroxyl groups is 1. The smallest absolute Gasteiger partial charge is 0.255 e. The first-order chi connectivity index (χ1) is 9.35. The number of rotatable bonds is 3. The van der Waals surface area contributed by atoms with Crippen molar-refractivity contribution in [2.24, 2.45) is 0 Å². The van der Waals surface area contributed by atoms with Gasteiger partial charge in [-0.1, -0.05) is 0 Å². The fourth-order valence-electron chi connectivity index (χ4n) is 2.51. The van der Waals surface area contributed by atoms with Crippen molar-refractivity contribution in [1.29, 1.82) is 0 Å². The highest BCUT2D eigenvalue weighted by molar-refractivity contribution is 5.94. The number of β-amino-alcohol motifs (C(OH)–C–C–N with tert-alkyl or cyclic N) is 1. The van der Waals surface area contributed by atoms with E-state index in [2.05, 4.69) is 9.88 Å². The molecular formula is C15H23N3O2. The van der Waals surface area contributed by atoms with Gasteiger partial charge in [0.05, 0.1) is 11.2 Å². The summed E-state index contributed by atoms with van der Waals surface area (Å²) in [6.45, 7) is 9.19. The van der Waals surface area contributed by atoms with E-state index in [1.165, 1.54) is 0 Å². The van der Waals surface area contributed by atoms with Crippen LogP contribution >= 0.6 is 0 Å². The SMILES string of the molecule is Cc1cncc(C(=O)N2CCN(CC(C)(C)O)CC2)c1. The zero-order chi connectivity index (χ0) is 14.8. The Morgan fingerprint density at radius 3 is 2.50 bits per heavy atom. The van der Waals surface area contributed by atoms with Gasteiger partial charge >= 0.3 is 0 Å². The van der Waals surface area contributed by atoms with Gasteiger partial charge in [-0.15, -0.1) is 0 Å². The van der Waals surface area contributed by atoms with E-state index in [0.717, 1.165) is 18.7 Å². The van der Waals surface area contributed by atoms with E-state index in [-0.39, 0.29) is 5.91 Å². The lowest BCUT2D eigenvalue weighted by molar-refractivity contribution is 0.0178. The Labute approximate surface area is 120 Å². The van der Waals surface area contributed by atoms with Gasteiger partial charge in [-0.2, -0.15) is 0 Å². The molecule has 0 radical (unpaired) electrons. The van der Waals surface area contributed by atoms with Gasteiger partial charge in [-0.3, -0.25) is 14.7 Å². The van der Waals surface area contributed by atoms with E-state index in [9.17, 15) is 9.90 Å². The van der Waals surface area contributed by atoms with Gasteiger partial charge in [0.1, 0.15) is 0 Å². The van der Waals surface area contributed by atoms with Gasteiger partial charge in [-0.05, 0) is 32.4 Å². The highest BCUT2D eigenvalue weighted by atomic mass is 16.3. The van der Waals surface area contributed by atoms with Gasteiger partial charge in [0.25, 0.3) is 5.91 Å². The van der Waals surface area contributed by atoms with Crippen LogP contribution in [0.15, 0.2) is 18.5 Å². The lowest BCUT2D eigenvalue weighted by Gasteiger charge is -2.37. The van der Waals surface area contributed by atoms with Gasteiger partial charge in [-0.25, -0.2) is 0 Å². The molecular weight excluding hydrogens is 254 g/mol. The number of piperazine rings is 1. The van der Waals surface area contributed by atoms with Gasteiger partial charge in [0.2, 0.25) is 0 Å². The third kappa shape index (κ3) is 4.02. The van der Waals surface area contributed by atoms with Gasteiger partial charge in [0.15, 0.2) is 0 Å². The second-order valence-electron chi connectivity index (χ2n) is 6.13. The van der Waals surface area contributed by atoms with E-state index >= 15 is 0 Å². The second-order valence-corrected chi connectivity index (χ2v) is 6.13. The molecule has 1 fully saturated rings. The molecule has 1 N–H and O–H groups in total. The molecule has 1 aromatic rings. The van der Waals surface area contributed by atoms with Crippen molar-refractivity contribution < 1.29 is 9.90 Å². The number of aromatic nitrogens is 1. The molecule has 0 spiro atoms. The summed E-state index contributed by atoms with van der Waals surface area (Å²) in [4.78, 5) is 20.5. The average Bonchev–Trinajstić information content (AvgIpc) is 2.37. The highest BCUT2D eigenvalue weighted by Gasteiger charge is 2.25. The molecule has 20 heavy (non-hydrogen) atoms. The Bertz CT molecular complexity index is 474. The van der Waals surface area contributed by atoms with Crippen molar-refractivity contribution in [2.75, 3.05) is 32.7 Å². The Kier molecular flexibility index (Phi) is 4.40. The Morgan fingerprint density at radius 2 is 1.95 bits per heavy atom. The maximum absolute atomic E-state index is 12.4. The fraction of sp³-hybridized carbons (Fsp3) is 0.600. The van der Waals surface area contributed by atoms with Crippen molar-refractivity contribution in [3.8, 4) is 0 Å². The second kappa shape index (κ2) is 5.89. The predicted octanol–water partition coefficient (Wildman–Crippen LogP) is 0.919. The molecule has 1 saturated heterocycles. The highest BCUT2D eigenvalue weighted by Crippen LogP contribution is 2.12. The Balaban J connectivity index is 1.92. The van der Waals surface area contributed by atoms with Crippen LogP contribution in [-0.4, -0.2) is 64.1 Å². The molecule has 0 atom stereocenters. The first kappa shape index (κ1) is 14.9. The molecule has 0 saturated carbocycles. The number of nitrogens with zero attached hydrogens (tertiary/aromatic N) is 3. The molecule has 0 aliphatic carbocycles. The van der Waals surface area contributed by atoms with Crippen LogP contribution in [0.1, 0.15) is 29.8 Å². The minimum atomic E-state index is -0.688. The Hall–Kier alpha value is -1.46. The lowest BCUT2D eigenvalue weighted by atomic mass is 10.1. The monoisotopic (exact) mass is 277 g/mol. The van der Waals surface area contributed by atoms with Crippen molar-refractivity contribution >= 4 is 5.91 Å². The zero-order valence-corrected chi connectivity index (χ0v) is 12.5. The Morgan fingerprint density at radius 1 is 1.30 bits per heavy atom. The molecule has 2 heterocycles. The third-order valence-electron chi connectivity index (χ3n) is 3.39. The molecule has 0 bridgehead atoms. The quantitative estimate of drug-likeness (QED) is 0.892. The summed E-state index contributed by atoms with van der Waals surface area (Å²) in [5.41, 5.74) is 0.963. The molecule has 5 nitrogen and oxygen atoms in total. The molecule has 2 rings (SSSR count). The van der Waals surface area contributed by atoms with E-state index in [1.807, 2.05) is 31.7 Å². The summed E-state index contributed by atoms with van der Waals surface area (Å²) in [6, 6.07) is 1.87. The molecule has 0 aromatic carbocycles. The first-order valence-corrected chi connectivity index (χ1v) is 7.01. The molecule has 5 heteroatoms. The molecule has 1 aliphatic rings. The summed E-state index contributed by atoms with van der Waals surface area (Å²) in [5, 5.41) is 9.82. The van der Waals surface area contributed by atoms with Gasteiger partial charge in [0, 0.05) is 45.1 Å². The van der Waals surface area contributed by atoms with Crippen LogP contribution in [0.4, 0.5) is 0 Å². The largest absolute Gasteiger partial charge is 0.389 e. The molecule has 0 unspecified atom stereocenters. The molecule has 1 aromatic heterocycles. The normalized spacial score (nSPS) is 17.3. The van der Waals surface area contributed by atoms with E-state index < -0.39 is 5.60 Å². The summed E-state index contributed by atoms with van der Waals surface area (Å²) in [6.07, 6.45) is 3.37. The maximum atomic E-state index is 12.4. The molecule has 1 amide bonds. The number of carbonyl (C=O) groups is 1. The first-order valence-electron chi connectivity index (χ1n) is 7.01. The number of hydrogen-bond donors (Lipinski definition) is 1. The summed E-state index contributed by atoms with van der Waals surface area (Å²) >= 11 is 0. The van der Waals surface area contributed by atoms with Crippen LogP contribution in [0, 0.1) is 6.92 Å². The van der Waals surface area contributed by atoms with Crippen LogP contribution in [0.3, 0.4) is 0 Å². The number of pyridine rings is 1. The van der Waals surface area contributed by atoms with Crippen molar-refractivity contribution in [2.45, 2.75) is 26.4 Å². The van der Waals surface area contributed by atoms with Crippen LogP contribution in [0.2, 0.25) is 0 Å². The van der Waals surface area contributed by atoms with Crippen molar-refractivity contribution in [3.05, 3.63) is 29.6 Å². The van der Waals surface area contributed by atoms with Crippen LogP contribution < -0.4 is 0 Å². The van der Waals surface area contributed by atoms with E-state index in [0.29, 0.717) is 25.2 Å². The number of hydrogen-bond acceptors (Lipinski definition) is 4. The molecule has 110 valence electrons. The van der Waals surface area contributed by atoms with E-state index in [4.69, 9.17) is 0 Å². The number of aryl methyl sites for hydroxylation is 1. The standard InChI is InChI=1S/C15H23N3O2/c1-12-8-13(10-16-9-12)14(19)18-6-4-17(5-7-18)11-15(2,3)20/h8-10,20H,4-7,11H2,1-3H3. The van der Waals surface area contributed by atoms with E-state index in [1.54, 1.807) is 12.4 Å². The van der Waals surface area contributed by atoms with Crippen LogP contribution in [-0.2, 0) is 0 Å². The van der Waals surface area contributed by atoms with Crippen LogP contribution in [0.25, 0.3) is 0 Å². The summed E-state index contributed by atoms with van der Waals surface area (Å²) in [5.74, 6) is 0.0455. The minimum Gasteiger partial charge on any atom is -0.389 e. The maximum Gasteiger partial charge on any atom is 0.255 e. The number of carbonyl (C=O) groups excluding carboxylic acids is 1. The average molecular weight is 277 g/mol. The van der Waals surface area contributed by atoms with Crippen molar-refractivity contribution in [1.82, 2.24) is 14.8 Å². The zero-order valence-electron chi connectivity index (χ0n) is 12.5. The van der Waals surface area contributed by atoms with Crippen LogP contribution in [0.5, 0.6) is 0 Å². The minimum absolute atomic E-state index is 0.0455. The topological polar surface area (TPSA) is 56.7 Å².